The molecule has 0 saturated heterocycles. The molecular weight excluding hydrogens is 820 g/mol. The largest absolute Gasteiger partial charge is 2.00 e. The van der Waals surface area contributed by atoms with Crippen molar-refractivity contribution in [3.63, 3.8) is 0 Å². The van der Waals surface area contributed by atoms with E-state index < -0.39 is 0 Å². The van der Waals surface area contributed by atoms with Crippen LogP contribution in [0.5, 0.6) is 11.5 Å². The van der Waals surface area contributed by atoms with Gasteiger partial charge < -0.3 is 9.30 Å². The van der Waals surface area contributed by atoms with Gasteiger partial charge in [-0.15, -0.1) is 41.3 Å². The first-order valence-corrected chi connectivity index (χ1v) is 18.8. The zero-order valence-electron chi connectivity index (χ0n) is 32.3. The van der Waals surface area contributed by atoms with Crippen LogP contribution in [-0.2, 0) is 27.5 Å². The minimum absolute atomic E-state index is 0. The first-order chi connectivity index (χ1) is 24.4. The molecule has 0 radical (unpaired) electrons. The predicted molar refractivity (Wildman–Crippen MR) is 211 cm³/mol. The maximum Gasteiger partial charge on any atom is 2.00 e. The Morgan fingerprint density at radius 2 is 1.60 bits per heavy atom. The van der Waals surface area contributed by atoms with Gasteiger partial charge in [-0.25, -0.2) is 4.98 Å². The number of allylic oxidation sites excluding steroid dienone is 2. The van der Waals surface area contributed by atoms with Gasteiger partial charge in [0, 0.05) is 40.4 Å². The number of aryl methyl sites for hydroxylation is 1. The first-order valence-electron chi connectivity index (χ1n) is 18.8. The molecule has 0 amide bonds. The van der Waals surface area contributed by atoms with Crippen molar-refractivity contribution >= 4 is 21.8 Å². The number of hydrogen-bond acceptors (Lipinski definition) is 3. The molecule has 1 aliphatic carbocycles. The van der Waals surface area contributed by atoms with Gasteiger partial charge in [-0.1, -0.05) is 90.8 Å². The average Bonchev–Trinajstić information content (AvgIpc) is 3.57. The van der Waals surface area contributed by atoms with E-state index in [1.54, 1.807) is 0 Å². The number of nitrogens with zero attached hydrogens (tertiary/aromatic N) is 4. The summed E-state index contributed by atoms with van der Waals surface area (Å²) in [6.07, 6.45) is 6.52. The molecule has 0 fully saturated rings. The van der Waals surface area contributed by atoms with Crippen molar-refractivity contribution in [1.82, 2.24) is 19.3 Å². The zero-order chi connectivity index (χ0) is 36.1. The predicted octanol–water partition coefficient (Wildman–Crippen LogP) is 12.2. The smallest absolute Gasteiger partial charge is 0.509 e. The Labute approximate surface area is 324 Å². The Morgan fingerprint density at radius 3 is 2.31 bits per heavy atom. The van der Waals surface area contributed by atoms with Crippen LogP contribution in [0.2, 0.25) is 0 Å². The van der Waals surface area contributed by atoms with Gasteiger partial charge in [0.2, 0.25) is 0 Å². The summed E-state index contributed by atoms with van der Waals surface area (Å²) < 4.78 is 11.1. The number of aromatic nitrogens is 4. The van der Waals surface area contributed by atoms with E-state index in [0.717, 1.165) is 45.4 Å². The van der Waals surface area contributed by atoms with E-state index in [-0.39, 0.29) is 21.1 Å². The van der Waals surface area contributed by atoms with E-state index in [1.807, 2.05) is 12.3 Å². The summed E-state index contributed by atoms with van der Waals surface area (Å²) in [5, 5.41) is 7.54. The summed E-state index contributed by atoms with van der Waals surface area (Å²) >= 11 is 0. The van der Waals surface area contributed by atoms with Crippen molar-refractivity contribution in [1.29, 1.82) is 0 Å². The fraction of sp³-hybridized carbons (Fsp3) is 0.391. The Bertz CT molecular complexity index is 2250. The zero-order valence-corrected chi connectivity index (χ0v) is 34.6. The standard InChI is InChI=1S/C46H52N4O.Pt/c1-27(2)19-43-46(45-31(8)20-30(7)21-32(45)9)33(10)48-50(43)36-22-35(29(5)6)23-38(25-36)51-37-15-16-40-39-13-11-12-14-41(39)49(42(40)26-37)44-24-34(28(3)4)17-18-47-44;/h11-18,20,22-24,27-30,32,45H,19,21H2,1-10H3;/q-2;+2/t30-,32-,45?;/m0./s1. The van der Waals surface area contributed by atoms with Gasteiger partial charge in [0.05, 0.1) is 5.69 Å². The Morgan fingerprint density at radius 1 is 0.846 bits per heavy atom. The number of fused-ring (bicyclic) bond motifs is 3. The maximum atomic E-state index is 6.71. The molecule has 0 N–H and O–H groups in total. The minimum atomic E-state index is 0. The Balaban J connectivity index is 0.00000464. The topological polar surface area (TPSA) is 44.9 Å². The third-order valence-corrected chi connectivity index (χ3v) is 10.7. The van der Waals surface area contributed by atoms with Crippen molar-refractivity contribution < 1.29 is 25.8 Å². The van der Waals surface area contributed by atoms with Crippen LogP contribution < -0.4 is 4.74 Å². The van der Waals surface area contributed by atoms with Crippen LogP contribution in [0, 0.1) is 36.8 Å². The summed E-state index contributed by atoms with van der Waals surface area (Å²) in [5.74, 6) is 4.89. The van der Waals surface area contributed by atoms with Gasteiger partial charge >= 0.3 is 21.1 Å². The fourth-order valence-corrected chi connectivity index (χ4v) is 8.34. The van der Waals surface area contributed by atoms with Gasteiger partial charge in [0.1, 0.15) is 5.82 Å². The van der Waals surface area contributed by atoms with Gasteiger partial charge in [0.25, 0.3) is 0 Å². The quantitative estimate of drug-likeness (QED) is 0.107. The van der Waals surface area contributed by atoms with E-state index in [4.69, 9.17) is 14.8 Å². The third-order valence-electron chi connectivity index (χ3n) is 10.7. The first kappa shape index (κ1) is 37.8. The van der Waals surface area contributed by atoms with E-state index in [9.17, 15) is 0 Å². The van der Waals surface area contributed by atoms with Gasteiger partial charge in [0.15, 0.2) is 0 Å². The van der Waals surface area contributed by atoms with Crippen LogP contribution in [0.15, 0.2) is 78.5 Å². The summed E-state index contributed by atoms with van der Waals surface area (Å²) in [6, 6.07) is 28.6. The molecule has 6 aromatic rings. The van der Waals surface area contributed by atoms with Gasteiger partial charge in [-0.05, 0) is 91.1 Å². The summed E-state index contributed by atoms with van der Waals surface area (Å²) in [5.41, 5.74) is 10.6. The Kier molecular flexibility index (Phi) is 11.0. The molecule has 272 valence electrons. The van der Waals surface area contributed by atoms with E-state index >= 15 is 0 Å². The van der Waals surface area contributed by atoms with Crippen LogP contribution in [-0.4, -0.2) is 19.3 Å². The molecular formula is C46H52N4OPt. The molecule has 1 unspecified atom stereocenters. The molecule has 5 nitrogen and oxygen atoms in total. The number of hydrogen-bond donors (Lipinski definition) is 0. The molecule has 3 aromatic carbocycles. The Hall–Kier alpha value is -3.95. The van der Waals surface area contributed by atoms with E-state index in [1.165, 1.54) is 34.4 Å². The third kappa shape index (κ3) is 7.18. The second-order valence-corrected chi connectivity index (χ2v) is 16.0. The molecule has 0 saturated carbocycles. The van der Waals surface area contributed by atoms with Crippen LogP contribution in [0.4, 0.5) is 0 Å². The normalized spacial score (nSPS) is 17.7. The molecule has 0 spiro atoms. The fourth-order valence-electron chi connectivity index (χ4n) is 8.34. The molecule has 0 bridgehead atoms. The molecule has 6 heteroatoms. The van der Waals surface area contributed by atoms with Crippen molar-refractivity contribution in [2.45, 2.75) is 99.8 Å². The van der Waals surface area contributed by atoms with Gasteiger partial charge in [-0.3, -0.25) is 4.68 Å². The van der Waals surface area contributed by atoms with Crippen molar-refractivity contribution in [3.8, 4) is 23.0 Å². The average molecular weight is 872 g/mol. The van der Waals surface area contributed by atoms with Crippen LogP contribution in [0.1, 0.15) is 115 Å². The number of para-hydroxylation sites is 1. The van der Waals surface area contributed by atoms with E-state index in [2.05, 4.69) is 151 Å². The molecule has 0 aliphatic heterocycles. The minimum Gasteiger partial charge on any atom is -0.509 e. The van der Waals surface area contributed by atoms with Gasteiger partial charge in [-0.2, -0.15) is 11.2 Å². The van der Waals surface area contributed by atoms with Crippen molar-refractivity contribution in [3.05, 3.63) is 119 Å². The number of ether oxygens (including phenoxy) is 1. The molecule has 52 heavy (non-hydrogen) atoms. The number of pyridine rings is 1. The monoisotopic (exact) mass is 871 g/mol. The molecule has 3 atom stereocenters. The second kappa shape index (κ2) is 15.2. The SMILES string of the molecule is CC1=C[C@H](C)C[C@H](C)C1c1c(C)nn(-c2[c-]c(Oc3[c-]c4c(cc3)c3ccccc3n4-c3cc(C(C)C)ccn3)cc(C(C)C)c2)c1CC(C)C.[Pt+2]. The van der Waals surface area contributed by atoms with Crippen LogP contribution >= 0.6 is 0 Å². The molecule has 3 heterocycles. The summed E-state index contributed by atoms with van der Waals surface area (Å²) in [6.45, 7) is 22.7. The van der Waals surface area contributed by atoms with Crippen LogP contribution in [0.3, 0.4) is 0 Å². The maximum absolute atomic E-state index is 6.71. The molecule has 7 rings (SSSR count). The second-order valence-electron chi connectivity index (χ2n) is 16.0. The molecule has 3 aromatic heterocycles. The molecule has 1 aliphatic rings. The summed E-state index contributed by atoms with van der Waals surface area (Å²) in [4.78, 5) is 4.82. The van der Waals surface area contributed by atoms with Crippen molar-refractivity contribution in [2.24, 2.45) is 17.8 Å². The van der Waals surface area contributed by atoms with Crippen LogP contribution in [0.25, 0.3) is 33.3 Å². The number of rotatable bonds is 9. The summed E-state index contributed by atoms with van der Waals surface area (Å²) in [7, 11) is 0. The van der Waals surface area contributed by atoms with E-state index in [0.29, 0.717) is 47.0 Å². The number of benzene rings is 3. The van der Waals surface area contributed by atoms with Crippen molar-refractivity contribution in [2.75, 3.05) is 0 Å².